The van der Waals surface area contributed by atoms with E-state index in [4.69, 9.17) is 16.3 Å². The number of hydrogen-bond acceptors (Lipinski definition) is 2. The van der Waals surface area contributed by atoms with Gasteiger partial charge >= 0.3 is 0 Å². The summed E-state index contributed by atoms with van der Waals surface area (Å²) in [5.41, 5.74) is 1.17. The van der Waals surface area contributed by atoms with Crippen molar-refractivity contribution in [1.29, 1.82) is 0 Å². The molecule has 3 unspecified atom stereocenters. The lowest BCUT2D eigenvalue weighted by molar-refractivity contribution is 0.00937. The van der Waals surface area contributed by atoms with Gasteiger partial charge in [0.15, 0.2) is 0 Å². The molecule has 1 fully saturated rings. The average Bonchev–Trinajstić information content (AvgIpc) is 2.60. The smallest absolute Gasteiger partial charge is 0.142 e. The highest BCUT2D eigenvalue weighted by Gasteiger charge is 2.41. The highest BCUT2D eigenvalue weighted by molar-refractivity contribution is 6.32. The SMILES string of the molecule is OC1CCCC2c3cccc(Cl)c3OC12. The molecule has 2 aliphatic rings. The first-order valence-electron chi connectivity index (χ1n) is 5.40. The second kappa shape index (κ2) is 3.39. The van der Waals surface area contributed by atoms with Crippen molar-refractivity contribution in [1.82, 2.24) is 0 Å². The number of ether oxygens (including phenoxy) is 1. The molecule has 2 nitrogen and oxygen atoms in total. The van der Waals surface area contributed by atoms with Gasteiger partial charge in [-0.2, -0.15) is 0 Å². The van der Waals surface area contributed by atoms with E-state index in [1.54, 1.807) is 0 Å². The van der Waals surface area contributed by atoms with E-state index < -0.39 is 0 Å². The Morgan fingerprint density at radius 1 is 1.33 bits per heavy atom. The van der Waals surface area contributed by atoms with Crippen molar-refractivity contribution in [3.05, 3.63) is 28.8 Å². The van der Waals surface area contributed by atoms with Gasteiger partial charge in [0.05, 0.1) is 11.1 Å². The van der Waals surface area contributed by atoms with E-state index in [9.17, 15) is 5.11 Å². The lowest BCUT2D eigenvalue weighted by Crippen LogP contribution is -2.36. The molecule has 1 N–H and O–H groups in total. The summed E-state index contributed by atoms with van der Waals surface area (Å²) in [7, 11) is 0. The van der Waals surface area contributed by atoms with Crippen molar-refractivity contribution >= 4 is 11.6 Å². The van der Waals surface area contributed by atoms with Crippen LogP contribution in [0.15, 0.2) is 18.2 Å². The van der Waals surface area contributed by atoms with Gasteiger partial charge in [0.2, 0.25) is 0 Å². The molecule has 1 aliphatic carbocycles. The van der Waals surface area contributed by atoms with Crippen molar-refractivity contribution in [2.75, 3.05) is 0 Å². The van der Waals surface area contributed by atoms with Gasteiger partial charge < -0.3 is 9.84 Å². The van der Waals surface area contributed by atoms with Gasteiger partial charge in [-0.1, -0.05) is 23.7 Å². The molecule has 0 spiro atoms. The highest BCUT2D eigenvalue weighted by Crippen LogP contribution is 2.48. The molecule has 0 aromatic heterocycles. The van der Waals surface area contributed by atoms with Crippen LogP contribution in [0.2, 0.25) is 5.02 Å². The molecule has 3 atom stereocenters. The molecule has 0 bridgehead atoms. The van der Waals surface area contributed by atoms with E-state index >= 15 is 0 Å². The van der Waals surface area contributed by atoms with Crippen molar-refractivity contribution in [2.45, 2.75) is 37.4 Å². The van der Waals surface area contributed by atoms with E-state index in [1.807, 2.05) is 12.1 Å². The fraction of sp³-hybridized carbons (Fsp3) is 0.500. The topological polar surface area (TPSA) is 29.5 Å². The molecule has 3 rings (SSSR count). The third kappa shape index (κ3) is 1.35. The molecule has 3 heteroatoms. The van der Waals surface area contributed by atoms with Crippen molar-refractivity contribution < 1.29 is 9.84 Å². The van der Waals surface area contributed by atoms with Gasteiger partial charge in [-0.3, -0.25) is 0 Å². The van der Waals surface area contributed by atoms with Crippen LogP contribution in [0.5, 0.6) is 5.75 Å². The van der Waals surface area contributed by atoms with Crippen LogP contribution in [0, 0.1) is 0 Å². The number of hydrogen-bond donors (Lipinski definition) is 1. The van der Waals surface area contributed by atoms with Crippen LogP contribution in [0.4, 0.5) is 0 Å². The van der Waals surface area contributed by atoms with Gasteiger partial charge in [0.25, 0.3) is 0 Å². The maximum atomic E-state index is 9.87. The van der Waals surface area contributed by atoms with Crippen molar-refractivity contribution in [3.8, 4) is 5.75 Å². The van der Waals surface area contributed by atoms with E-state index in [1.165, 1.54) is 5.56 Å². The van der Waals surface area contributed by atoms with Crippen LogP contribution < -0.4 is 4.74 Å². The molecule has 15 heavy (non-hydrogen) atoms. The lowest BCUT2D eigenvalue weighted by atomic mass is 9.82. The predicted octanol–water partition coefficient (Wildman–Crippen LogP) is 2.73. The van der Waals surface area contributed by atoms with E-state index in [-0.39, 0.29) is 12.2 Å². The maximum Gasteiger partial charge on any atom is 0.142 e. The molecular formula is C12H13ClO2. The van der Waals surface area contributed by atoms with E-state index in [0.29, 0.717) is 10.9 Å². The summed E-state index contributed by atoms with van der Waals surface area (Å²) in [6, 6.07) is 5.85. The van der Waals surface area contributed by atoms with Crippen molar-refractivity contribution in [3.63, 3.8) is 0 Å². The Balaban J connectivity index is 2.04. The Bertz CT molecular complexity index is 391. The number of rotatable bonds is 0. The largest absolute Gasteiger partial charge is 0.485 e. The van der Waals surface area contributed by atoms with E-state index in [2.05, 4.69) is 6.07 Å². The third-order valence-electron chi connectivity index (χ3n) is 3.44. The molecule has 0 saturated heterocycles. The Labute approximate surface area is 93.8 Å². The van der Waals surface area contributed by atoms with Crippen LogP contribution in [0.3, 0.4) is 0 Å². The summed E-state index contributed by atoms with van der Waals surface area (Å²) in [5, 5.41) is 10.5. The molecule has 1 aliphatic heterocycles. The molecule has 1 saturated carbocycles. The summed E-state index contributed by atoms with van der Waals surface area (Å²) >= 11 is 6.08. The normalized spacial score (nSPS) is 33.1. The second-order valence-electron chi connectivity index (χ2n) is 4.35. The van der Waals surface area contributed by atoms with E-state index in [0.717, 1.165) is 25.0 Å². The van der Waals surface area contributed by atoms with Gasteiger partial charge in [-0.15, -0.1) is 0 Å². The number of aliphatic hydroxyl groups excluding tert-OH is 1. The number of benzene rings is 1. The third-order valence-corrected chi connectivity index (χ3v) is 3.74. The molecule has 0 radical (unpaired) electrons. The number of halogens is 1. The lowest BCUT2D eigenvalue weighted by Gasteiger charge is -2.29. The first-order chi connectivity index (χ1) is 7.27. The quantitative estimate of drug-likeness (QED) is 0.734. The van der Waals surface area contributed by atoms with Gasteiger partial charge in [0.1, 0.15) is 11.9 Å². The Hall–Kier alpha value is -0.730. The number of para-hydroxylation sites is 1. The zero-order valence-corrected chi connectivity index (χ0v) is 9.07. The first-order valence-corrected chi connectivity index (χ1v) is 5.78. The minimum Gasteiger partial charge on any atom is -0.485 e. The average molecular weight is 225 g/mol. The summed E-state index contributed by atoms with van der Waals surface area (Å²) in [6.07, 6.45) is 2.58. The van der Waals surface area contributed by atoms with Gasteiger partial charge in [0, 0.05) is 11.5 Å². The van der Waals surface area contributed by atoms with Gasteiger partial charge in [-0.05, 0) is 25.3 Å². The molecular weight excluding hydrogens is 212 g/mol. The summed E-state index contributed by atoms with van der Waals surface area (Å²) in [4.78, 5) is 0. The summed E-state index contributed by atoms with van der Waals surface area (Å²) in [6.45, 7) is 0. The number of fused-ring (bicyclic) bond motifs is 3. The van der Waals surface area contributed by atoms with Crippen LogP contribution in [-0.4, -0.2) is 17.3 Å². The summed E-state index contributed by atoms with van der Waals surface area (Å²) < 4.78 is 5.77. The molecule has 0 amide bonds. The minimum absolute atomic E-state index is 0.0753. The first kappa shape index (κ1) is 9.49. The molecule has 1 aromatic carbocycles. The zero-order chi connectivity index (χ0) is 10.4. The fourth-order valence-corrected chi connectivity index (χ4v) is 2.94. The zero-order valence-electron chi connectivity index (χ0n) is 8.32. The minimum atomic E-state index is -0.341. The molecule has 1 aromatic rings. The molecule has 1 heterocycles. The Kier molecular flexibility index (Phi) is 2.15. The predicted molar refractivity (Wildman–Crippen MR) is 58.5 cm³/mol. The summed E-state index contributed by atoms with van der Waals surface area (Å²) in [5.74, 6) is 1.12. The van der Waals surface area contributed by atoms with Gasteiger partial charge in [-0.25, -0.2) is 0 Å². The van der Waals surface area contributed by atoms with Crippen molar-refractivity contribution in [2.24, 2.45) is 0 Å². The maximum absolute atomic E-state index is 9.87. The van der Waals surface area contributed by atoms with Crippen LogP contribution >= 0.6 is 11.6 Å². The van der Waals surface area contributed by atoms with Crippen LogP contribution in [0.1, 0.15) is 30.7 Å². The van der Waals surface area contributed by atoms with Crippen LogP contribution in [-0.2, 0) is 0 Å². The Morgan fingerprint density at radius 3 is 3.07 bits per heavy atom. The highest BCUT2D eigenvalue weighted by atomic mass is 35.5. The molecule has 80 valence electrons. The standard InChI is InChI=1S/C12H13ClO2/c13-9-5-1-3-7-8-4-2-6-10(14)12(8)15-11(7)9/h1,3,5,8,10,12,14H,2,4,6H2. The fourth-order valence-electron chi connectivity index (χ4n) is 2.71. The Morgan fingerprint density at radius 2 is 2.20 bits per heavy atom. The second-order valence-corrected chi connectivity index (χ2v) is 4.75. The monoisotopic (exact) mass is 224 g/mol. The number of aliphatic hydroxyl groups is 1. The van der Waals surface area contributed by atoms with Crippen LogP contribution in [0.25, 0.3) is 0 Å².